The first-order chi connectivity index (χ1) is 9.34. The SMILES string of the molecule is N/C(=N/O)c1ccnc(-n2cc(C(F)(F)F)cn2)c1Cl. The summed E-state index contributed by atoms with van der Waals surface area (Å²) in [6, 6.07) is 1.36. The molecule has 106 valence electrons. The van der Waals surface area contributed by atoms with Crippen LogP contribution < -0.4 is 5.73 Å². The van der Waals surface area contributed by atoms with E-state index in [-0.39, 0.29) is 22.2 Å². The Morgan fingerprint density at radius 3 is 2.70 bits per heavy atom. The number of nitrogens with zero attached hydrogens (tertiary/aromatic N) is 4. The van der Waals surface area contributed by atoms with Crippen LogP contribution in [0.15, 0.2) is 29.8 Å². The van der Waals surface area contributed by atoms with Crippen molar-refractivity contribution in [1.29, 1.82) is 0 Å². The summed E-state index contributed by atoms with van der Waals surface area (Å²) >= 11 is 5.96. The van der Waals surface area contributed by atoms with E-state index in [2.05, 4.69) is 15.2 Å². The Labute approximate surface area is 115 Å². The van der Waals surface area contributed by atoms with Crippen molar-refractivity contribution in [2.24, 2.45) is 10.9 Å². The second kappa shape index (κ2) is 5.00. The minimum absolute atomic E-state index is 0.0636. The van der Waals surface area contributed by atoms with Gasteiger partial charge in [0.1, 0.15) is 0 Å². The molecule has 0 fully saturated rings. The summed E-state index contributed by atoms with van der Waals surface area (Å²) < 4.78 is 38.4. The number of oxime groups is 1. The van der Waals surface area contributed by atoms with E-state index in [9.17, 15) is 13.2 Å². The molecule has 10 heteroatoms. The molecule has 20 heavy (non-hydrogen) atoms. The maximum Gasteiger partial charge on any atom is 0.419 e. The van der Waals surface area contributed by atoms with E-state index < -0.39 is 11.7 Å². The van der Waals surface area contributed by atoms with Gasteiger partial charge in [0, 0.05) is 18.0 Å². The third kappa shape index (κ3) is 2.52. The second-order valence-electron chi connectivity index (χ2n) is 3.65. The zero-order chi connectivity index (χ0) is 14.9. The van der Waals surface area contributed by atoms with Crippen LogP contribution in [0, 0.1) is 0 Å². The van der Waals surface area contributed by atoms with Crippen LogP contribution in [0.2, 0.25) is 5.02 Å². The highest BCUT2D eigenvalue weighted by atomic mass is 35.5. The molecule has 2 aromatic heterocycles. The average molecular weight is 306 g/mol. The Hall–Kier alpha value is -2.29. The number of pyridine rings is 1. The van der Waals surface area contributed by atoms with Gasteiger partial charge in [-0.2, -0.15) is 18.3 Å². The van der Waals surface area contributed by atoms with Crippen molar-refractivity contribution >= 4 is 17.4 Å². The van der Waals surface area contributed by atoms with Crippen molar-refractivity contribution in [2.45, 2.75) is 6.18 Å². The van der Waals surface area contributed by atoms with Crippen LogP contribution >= 0.6 is 11.6 Å². The Bertz CT molecular complexity index is 667. The molecule has 0 aliphatic rings. The summed E-state index contributed by atoms with van der Waals surface area (Å²) in [5.41, 5.74) is 4.58. The molecule has 0 unspecified atom stereocenters. The first-order valence-corrected chi connectivity index (χ1v) is 5.47. The van der Waals surface area contributed by atoms with Gasteiger partial charge in [-0.15, -0.1) is 0 Å². The van der Waals surface area contributed by atoms with Gasteiger partial charge in [-0.1, -0.05) is 16.8 Å². The third-order valence-electron chi connectivity index (χ3n) is 2.38. The smallest absolute Gasteiger partial charge is 0.409 e. The minimum Gasteiger partial charge on any atom is -0.409 e. The molecule has 0 atom stereocenters. The first kappa shape index (κ1) is 14.1. The highest BCUT2D eigenvalue weighted by Gasteiger charge is 2.32. The maximum atomic E-state index is 12.5. The molecule has 3 N–H and O–H groups in total. The lowest BCUT2D eigenvalue weighted by molar-refractivity contribution is -0.137. The quantitative estimate of drug-likeness (QED) is 0.384. The fourth-order valence-corrected chi connectivity index (χ4v) is 1.72. The Kier molecular flexibility index (Phi) is 3.53. The molecule has 0 aromatic carbocycles. The fraction of sp³-hybridized carbons (Fsp3) is 0.100. The molecule has 2 rings (SSSR count). The van der Waals surface area contributed by atoms with Gasteiger partial charge < -0.3 is 10.9 Å². The summed E-state index contributed by atoms with van der Waals surface area (Å²) in [6.07, 6.45) is -1.88. The van der Waals surface area contributed by atoms with Crippen molar-refractivity contribution in [2.75, 3.05) is 0 Å². The number of hydrogen-bond acceptors (Lipinski definition) is 4. The molecule has 0 saturated carbocycles. The predicted molar refractivity (Wildman–Crippen MR) is 63.9 cm³/mol. The zero-order valence-electron chi connectivity index (χ0n) is 9.63. The van der Waals surface area contributed by atoms with Gasteiger partial charge in [0.15, 0.2) is 11.7 Å². The molecular formula is C10H7ClF3N5O. The molecule has 0 radical (unpaired) electrons. The summed E-state index contributed by atoms with van der Waals surface area (Å²) in [5, 5.41) is 14.8. The lowest BCUT2D eigenvalue weighted by Crippen LogP contribution is -2.15. The van der Waals surface area contributed by atoms with Gasteiger partial charge in [0.25, 0.3) is 0 Å². The molecule has 0 amide bonds. The van der Waals surface area contributed by atoms with Gasteiger partial charge in [-0.25, -0.2) is 9.67 Å². The summed E-state index contributed by atoms with van der Waals surface area (Å²) in [4.78, 5) is 3.83. The topological polar surface area (TPSA) is 89.3 Å². The minimum atomic E-state index is -4.52. The van der Waals surface area contributed by atoms with Gasteiger partial charge in [0.2, 0.25) is 0 Å². The number of nitrogens with two attached hydrogens (primary N) is 1. The molecular weight excluding hydrogens is 299 g/mol. The summed E-state index contributed by atoms with van der Waals surface area (Å²) in [5.74, 6) is -0.354. The lowest BCUT2D eigenvalue weighted by Gasteiger charge is -2.07. The van der Waals surface area contributed by atoms with Crippen molar-refractivity contribution in [3.05, 3.63) is 40.8 Å². The van der Waals surface area contributed by atoms with Crippen LogP contribution in [0.25, 0.3) is 5.82 Å². The van der Waals surface area contributed by atoms with Crippen LogP contribution in [-0.4, -0.2) is 25.8 Å². The van der Waals surface area contributed by atoms with E-state index in [1.165, 1.54) is 12.3 Å². The first-order valence-electron chi connectivity index (χ1n) is 5.09. The number of hydrogen-bond donors (Lipinski definition) is 2. The van der Waals surface area contributed by atoms with E-state index in [0.717, 1.165) is 10.9 Å². The van der Waals surface area contributed by atoms with Crippen LogP contribution in [0.4, 0.5) is 13.2 Å². The lowest BCUT2D eigenvalue weighted by atomic mass is 10.2. The second-order valence-corrected chi connectivity index (χ2v) is 4.03. The molecule has 6 nitrogen and oxygen atoms in total. The normalized spacial score (nSPS) is 12.7. The monoisotopic (exact) mass is 305 g/mol. The maximum absolute atomic E-state index is 12.5. The third-order valence-corrected chi connectivity index (χ3v) is 2.75. The Balaban J connectivity index is 2.51. The number of rotatable bonds is 2. The summed E-state index contributed by atoms with van der Waals surface area (Å²) in [6.45, 7) is 0. The van der Waals surface area contributed by atoms with E-state index in [1.807, 2.05) is 0 Å². The van der Waals surface area contributed by atoms with Crippen molar-refractivity contribution in [3.8, 4) is 5.82 Å². The van der Waals surface area contributed by atoms with Gasteiger partial charge in [0.05, 0.1) is 16.8 Å². The van der Waals surface area contributed by atoms with Crippen LogP contribution in [-0.2, 0) is 6.18 Å². The molecule has 0 aliphatic heterocycles. The van der Waals surface area contributed by atoms with Crippen LogP contribution in [0.5, 0.6) is 0 Å². The van der Waals surface area contributed by atoms with E-state index in [0.29, 0.717) is 6.20 Å². The van der Waals surface area contributed by atoms with Crippen LogP contribution in [0.1, 0.15) is 11.1 Å². The molecule has 0 bridgehead atoms. The molecule has 0 aliphatic carbocycles. The predicted octanol–water partition coefficient (Wildman–Crippen LogP) is 2.03. The van der Waals surface area contributed by atoms with Crippen LogP contribution in [0.3, 0.4) is 0 Å². The molecule has 2 heterocycles. The van der Waals surface area contributed by atoms with Crippen molar-refractivity contribution < 1.29 is 18.4 Å². The number of aromatic nitrogens is 3. The molecule has 0 saturated heterocycles. The highest BCUT2D eigenvalue weighted by Crippen LogP contribution is 2.30. The largest absolute Gasteiger partial charge is 0.419 e. The van der Waals surface area contributed by atoms with Gasteiger partial charge in [-0.3, -0.25) is 0 Å². The Morgan fingerprint density at radius 2 is 2.15 bits per heavy atom. The van der Waals surface area contributed by atoms with E-state index >= 15 is 0 Å². The van der Waals surface area contributed by atoms with E-state index in [4.69, 9.17) is 22.5 Å². The fourth-order valence-electron chi connectivity index (χ4n) is 1.43. The molecule has 0 spiro atoms. The number of halogens is 4. The zero-order valence-corrected chi connectivity index (χ0v) is 10.4. The number of amidine groups is 1. The standard InChI is InChI=1S/C10H7ClF3N5O/c11-7-6(8(15)18-20)1-2-16-9(7)19-4-5(3-17-19)10(12,13)14/h1-4,20H,(H2,15,18). The summed E-state index contributed by atoms with van der Waals surface area (Å²) in [7, 11) is 0. The van der Waals surface area contributed by atoms with Gasteiger partial charge in [-0.05, 0) is 6.07 Å². The van der Waals surface area contributed by atoms with Gasteiger partial charge >= 0.3 is 6.18 Å². The Morgan fingerprint density at radius 1 is 1.45 bits per heavy atom. The van der Waals surface area contributed by atoms with E-state index in [1.54, 1.807) is 0 Å². The number of alkyl halides is 3. The van der Waals surface area contributed by atoms with Crippen molar-refractivity contribution in [1.82, 2.24) is 14.8 Å². The average Bonchev–Trinajstić information content (AvgIpc) is 2.87. The van der Waals surface area contributed by atoms with Crippen molar-refractivity contribution in [3.63, 3.8) is 0 Å². The highest BCUT2D eigenvalue weighted by molar-refractivity contribution is 6.35. The molecule has 2 aromatic rings.